The van der Waals surface area contributed by atoms with Gasteiger partial charge in [0.25, 0.3) is 5.91 Å². The zero-order chi connectivity index (χ0) is 13.8. The third kappa shape index (κ3) is 3.12. The highest BCUT2D eigenvalue weighted by Gasteiger charge is 2.14. The molecule has 1 aromatic carbocycles. The van der Waals surface area contributed by atoms with Crippen molar-refractivity contribution >= 4 is 11.6 Å². The van der Waals surface area contributed by atoms with Crippen molar-refractivity contribution in [1.82, 2.24) is 10.2 Å². The van der Waals surface area contributed by atoms with Crippen LogP contribution in [0.15, 0.2) is 18.2 Å². The van der Waals surface area contributed by atoms with Gasteiger partial charge in [-0.15, -0.1) is 0 Å². The second kappa shape index (κ2) is 6.27. The number of nitrogens with zero attached hydrogens (tertiary/aromatic N) is 1. The maximum atomic E-state index is 12.1. The maximum absolute atomic E-state index is 12.1. The van der Waals surface area contributed by atoms with Gasteiger partial charge in [-0.05, 0) is 63.0 Å². The van der Waals surface area contributed by atoms with Gasteiger partial charge in [-0.3, -0.25) is 4.79 Å². The van der Waals surface area contributed by atoms with E-state index in [4.69, 9.17) is 0 Å². The maximum Gasteiger partial charge on any atom is 0.251 e. The number of nitrogens with one attached hydrogen (secondary N) is 2. The first kappa shape index (κ1) is 13.4. The highest BCUT2D eigenvalue weighted by molar-refractivity contribution is 5.95. The summed E-state index contributed by atoms with van der Waals surface area (Å²) in [5.74, 6) is 0.0444. The molecule has 108 valence electrons. The van der Waals surface area contributed by atoms with Crippen molar-refractivity contribution in [2.75, 3.05) is 38.0 Å². The SMILES string of the molecule is O=C(NCCCN1CCCC1)c1ccc2c(c1)NCC2. The number of carbonyl (C=O) groups is 1. The summed E-state index contributed by atoms with van der Waals surface area (Å²) in [4.78, 5) is 14.6. The molecule has 0 unspecified atom stereocenters. The van der Waals surface area contributed by atoms with Crippen LogP contribution in [-0.4, -0.2) is 43.5 Å². The summed E-state index contributed by atoms with van der Waals surface area (Å²) in [6.07, 6.45) is 4.75. The second-order valence-electron chi connectivity index (χ2n) is 5.71. The first-order chi connectivity index (χ1) is 9.83. The molecule has 0 saturated carbocycles. The van der Waals surface area contributed by atoms with Crippen LogP contribution in [0.25, 0.3) is 0 Å². The Morgan fingerprint density at radius 3 is 3.00 bits per heavy atom. The number of rotatable bonds is 5. The van der Waals surface area contributed by atoms with E-state index in [1.807, 2.05) is 12.1 Å². The van der Waals surface area contributed by atoms with Gasteiger partial charge in [0, 0.05) is 24.3 Å². The molecule has 0 bridgehead atoms. The zero-order valence-corrected chi connectivity index (χ0v) is 12.0. The summed E-state index contributed by atoms with van der Waals surface area (Å²) in [6, 6.07) is 5.97. The number of amides is 1. The standard InChI is InChI=1S/C16H23N3O/c20-16(18-7-3-11-19-9-1-2-10-19)14-5-4-13-6-8-17-15(13)12-14/h4-5,12,17H,1-3,6-11H2,(H,18,20). The van der Waals surface area contributed by atoms with E-state index in [-0.39, 0.29) is 5.91 Å². The van der Waals surface area contributed by atoms with Crippen LogP contribution in [0.4, 0.5) is 5.69 Å². The van der Waals surface area contributed by atoms with Crippen molar-refractivity contribution in [1.29, 1.82) is 0 Å². The fourth-order valence-electron chi connectivity index (χ4n) is 3.04. The zero-order valence-electron chi connectivity index (χ0n) is 12.0. The Balaban J connectivity index is 1.44. The minimum Gasteiger partial charge on any atom is -0.384 e. The lowest BCUT2D eigenvalue weighted by molar-refractivity contribution is 0.0952. The fraction of sp³-hybridized carbons (Fsp3) is 0.562. The molecule has 2 heterocycles. The summed E-state index contributed by atoms with van der Waals surface area (Å²) >= 11 is 0. The van der Waals surface area contributed by atoms with Crippen molar-refractivity contribution in [3.63, 3.8) is 0 Å². The Labute approximate surface area is 120 Å². The number of anilines is 1. The van der Waals surface area contributed by atoms with Crippen molar-refractivity contribution in [3.05, 3.63) is 29.3 Å². The van der Waals surface area contributed by atoms with E-state index in [9.17, 15) is 4.79 Å². The topological polar surface area (TPSA) is 44.4 Å². The third-order valence-electron chi connectivity index (χ3n) is 4.22. The minimum absolute atomic E-state index is 0.0444. The molecule has 1 saturated heterocycles. The smallest absolute Gasteiger partial charge is 0.251 e. The van der Waals surface area contributed by atoms with Gasteiger partial charge in [0.1, 0.15) is 0 Å². The van der Waals surface area contributed by atoms with E-state index in [1.165, 1.54) is 31.5 Å². The summed E-state index contributed by atoms with van der Waals surface area (Å²) in [6.45, 7) is 5.30. The lowest BCUT2D eigenvalue weighted by Crippen LogP contribution is -2.28. The first-order valence-corrected chi connectivity index (χ1v) is 7.70. The molecule has 0 aliphatic carbocycles. The molecule has 4 heteroatoms. The second-order valence-corrected chi connectivity index (χ2v) is 5.71. The molecule has 0 atom stereocenters. The van der Waals surface area contributed by atoms with Gasteiger partial charge in [0.05, 0.1) is 0 Å². The Hall–Kier alpha value is -1.55. The van der Waals surface area contributed by atoms with Crippen molar-refractivity contribution in [3.8, 4) is 0 Å². The molecule has 1 amide bonds. The fourth-order valence-corrected chi connectivity index (χ4v) is 3.04. The van der Waals surface area contributed by atoms with Gasteiger partial charge in [-0.1, -0.05) is 6.07 Å². The lowest BCUT2D eigenvalue weighted by atomic mass is 10.1. The van der Waals surface area contributed by atoms with Crippen LogP contribution in [-0.2, 0) is 6.42 Å². The molecule has 4 nitrogen and oxygen atoms in total. The molecule has 0 spiro atoms. The summed E-state index contributed by atoms with van der Waals surface area (Å²) in [5.41, 5.74) is 3.20. The summed E-state index contributed by atoms with van der Waals surface area (Å²) < 4.78 is 0. The average Bonchev–Trinajstić information content (AvgIpc) is 3.13. The molecule has 0 radical (unpaired) electrons. The molecular weight excluding hydrogens is 250 g/mol. The highest BCUT2D eigenvalue weighted by atomic mass is 16.1. The molecule has 20 heavy (non-hydrogen) atoms. The number of hydrogen-bond donors (Lipinski definition) is 2. The number of benzene rings is 1. The van der Waals surface area contributed by atoms with E-state index >= 15 is 0 Å². The Bertz CT molecular complexity index is 481. The molecule has 2 aliphatic heterocycles. The molecule has 2 N–H and O–H groups in total. The Morgan fingerprint density at radius 1 is 1.30 bits per heavy atom. The predicted molar refractivity (Wildman–Crippen MR) is 81.3 cm³/mol. The number of carbonyl (C=O) groups excluding carboxylic acids is 1. The normalized spacial score (nSPS) is 17.8. The molecule has 0 aromatic heterocycles. The molecule has 2 aliphatic rings. The van der Waals surface area contributed by atoms with Gasteiger partial charge >= 0.3 is 0 Å². The molecule has 3 rings (SSSR count). The van der Waals surface area contributed by atoms with E-state index in [0.29, 0.717) is 0 Å². The Kier molecular flexibility index (Phi) is 4.21. The molecule has 1 fully saturated rings. The van der Waals surface area contributed by atoms with Crippen molar-refractivity contribution in [2.24, 2.45) is 0 Å². The van der Waals surface area contributed by atoms with Crippen LogP contribution in [0.5, 0.6) is 0 Å². The van der Waals surface area contributed by atoms with Crippen molar-refractivity contribution < 1.29 is 4.79 Å². The number of fused-ring (bicyclic) bond motifs is 1. The largest absolute Gasteiger partial charge is 0.384 e. The van der Waals surface area contributed by atoms with Crippen LogP contribution in [0.2, 0.25) is 0 Å². The van der Waals surface area contributed by atoms with Gasteiger partial charge in [0.15, 0.2) is 0 Å². The number of hydrogen-bond acceptors (Lipinski definition) is 3. The van der Waals surface area contributed by atoms with Gasteiger partial charge < -0.3 is 15.5 Å². The average molecular weight is 273 g/mol. The quantitative estimate of drug-likeness (QED) is 0.805. The van der Waals surface area contributed by atoms with Crippen LogP contribution in [0.3, 0.4) is 0 Å². The lowest BCUT2D eigenvalue weighted by Gasteiger charge is -2.14. The van der Waals surface area contributed by atoms with E-state index in [2.05, 4.69) is 21.6 Å². The summed E-state index contributed by atoms with van der Waals surface area (Å²) in [7, 11) is 0. The van der Waals surface area contributed by atoms with Crippen LogP contribution >= 0.6 is 0 Å². The summed E-state index contributed by atoms with van der Waals surface area (Å²) in [5, 5.41) is 6.33. The minimum atomic E-state index is 0.0444. The van der Waals surface area contributed by atoms with Crippen LogP contribution < -0.4 is 10.6 Å². The first-order valence-electron chi connectivity index (χ1n) is 7.70. The third-order valence-corrected chi connectivity index (χ3v) is 4.22. The van der Waals surface area contributed by atoms with E-state index in [1.54, 1.807) is 0 Å². The monoisotopic (exact) mass is 273 g/mol. The number of likely N-dealkylation sites (tertiary alicyclic amines) is 1. The van der Waals surface area contributed by atoms with E-state index < -0.39 is 0 Å². The van der Waals surface area contributed by atoms with E-state index in [0.717, 1.165) is 43.7 Å². The van der Waals surface area contributed by atoms with Crippen LogP contribution in [0, 0.1) is 0 Å². The Morgan fingerprint density at radius 2 is 2.15 bits per heavy atom. The van der Waals surface area contributed by atoms with Gasteiger partial charge in [0.2, 0.25) is 0 Å². The van der Waals surface area contributed by atoms with Crippen LogP contribution in [0.1, 0.15) is 35.2 Å². The molecule has 1 aromatic rings. The highest BCUT2D eigenvalue weighted by Crippen LogP contribution is 2.23. The predicted octanol–water partition coefficient (Wildman–Crippen LogP) is 1.87. The van der Waals surface area contributed by atoms with Gasteiger partial charge in [-0.2, -0.15) is 0 Å². The molecular formula is C16H23N3O. The van der Waals surface area contributed by atoms with Gasteiger partial charge in [-0.25, -0.2) is 0 Å². The van der Waals surface area contributed by atoms with Crippen molar-refractivity contribution in [2.45, 2.75) is 25.7 Å².